The molecule has 0 saturated carbocycles. The Hall–Kier alpha value is -2.61. The van der Waals surface area contributed by atoms with E-state index in [-0.39, 0.29) is 9.77 Å². The maximum absolute atomic E-state index is 12.9. The molecule has 3 aromatic carbocycles. The number of nitrogens with zero attached hydrogens (tertiary/aromatic N) is 1. The summed E-state index contributed by atoms with van der Waals surface area (Å²) in [4.78, 5) is 12.5. The molecule has 0 aliphatic rings. The van der Waals surface area contributed by atoms with Gasteiger partial charge in [-0.3, -0.25) is 14.1 Å². The van der Waals surface area contributed by atoms with Gasteiger partial charge in [0.25, 0.3) is 10.0 Å². The van der Waals surface area contributed by atoms with Gasteiger partial charge in [-0.25, -0.2) is 8.42 Å². The van der Waals surface area contributed by atoms with E-state index in [9.17, 15) is 13.2 Å². The Labute approximate surface area is 196 Å². The number of unbranched alkanes of at least 4 members (excludes halogenated alkanes) is 1. The van der Waals surface area contributed by atoms with Crippen LogP contribution in [0.3, 0.4) is 0 Å². The fourth-order valence-electron chi connectivity index (χ4n) is 3.49. The molecule has 1 aromatic heterocycles. The predicted octanol–water partition coefficient (Wildman–Crippen LogP) is 5.91. The minimum absolute atomic E-state index is 0.117. The Kier molecular flexibility index (Phi) is 6.69. The summed E-state index contributed by atoms with van der Waals surface area (Å²) in [5, 5.41) is 0.586. The van der Waals surface area contributed by atoms with Crippen LogP contribution in [0.2, 0.25) is 5.02 Å². The Balaban J connectivity index is 1.59. The Morgan fingerprint density at radius 3 is 2.50 bits per heavy atom. The van der Waals surface area contributed by atoms with Gasteiger partial charge in [-0.2, -0.15) is 0 Å². The van der Waals surface area contributed by atoms with E-state index in [4.69, 9.17) is 11.6 Å². The molecule has 1 N–H and O–H groups in total. The van der Waals surface area contributed by atoms with E-state index >= 15 is 0 Å². The number of aromatic nitrogens is 1. The first-order valence-corrected chi connectivity index (χ1v) is 13.0. The molecule has 8 heteroatoms. The van der Waals surface area contributed by atoms with Gasteiger partial charge in [-0.15, -0.1) is 0 Å². The summed E-state index contributed by atoms with van der Waals surface area (Å²) < 4.78 is 30.7. The summed E-state index contributed by atoms with van der Waals surface area (Å²) in [7, 11) is -3.78. The number of hydrogen-bond acceptors (Lipinski definition) is 4. The van der Waals surface area contributed by atoms with E-state index in [1.165, 1.54) is 11.6 Å². The molecule has 0 radical (unpaired) electrons. The first-order valence-electron chi connectivity index (χ1n) is 10.4. The minimum atomic E-state index is -3.78. The first kappa shape index (κ1) is 22.6. The van der Waals surface area contributed by atoms with Crippen molar-refractivity contribution < 1.29 is 8.42 Å². The molecule has 4 rings (SSSR count). The largest absolute Gasteiger partial charge is 0.308 e. The smallest absolute Gasteiger partial charge is 0.294 e. The van der Waals surface area contributed by atoms with E-state index in [1.807, 2.05) is 30.3 Å². The van der Waals surface area contributed by atoms with Crippen LogP contribution in [-0.4, -0.2) is 13.0 Å². The van der Waals surface area contributed by atoms with Crippen LogP contribution in [0.15, 0.2) is 76.4 Å². The van der Waals surface area contributed by atoms with Crippen LogP contribution < -0.4 is 9.60 Å². The van der Waals surface area contributed by atoms with Crippen LogP contribution in [0.5, 0.6) is 0 Å². The molecule has 1 heterocycles. The zero-order chi connectivity index (χ0) is 22.7. The third-order valence-electron chi connectivity index (χ3n) is 5.26. The van der Waals surface area contributed by atoms with E-state index in [2.05, 4.69) is 11.6 Å². The van der Waals surface area contributed by atoms with Crippen LogP contribution in [0.4, 0.5) is 5.69 Å². The van der Waals surface area contributed by atoms with Crippen LogP contribution in [0.25, 0.3) is 10.2 Å². The molecule has 0 unspecified atom stereocenters. The second-order valence-electron chi connectivity index (χ2n) is 7.58. The average Bonchev–Trinajstić information content (AvgIpc) is 3.09. The zero-order valence-corrected chi connectivity index (χ0v) is 19.9. The number of aryl methyl sites for hydroxylation is 1. The van der Waals surface area contributed by atoms with Crippen LogP contribution in [0.1, 0.15) is 30.9 Å². The second-order valence-corrected chi connectivity index (χ2v) is 10.7. The highest BCUT2D eigenvalue weighted by atomic mass is 35.5. The SMILES string of the molecule is CCCCc1ccc(NS(=O)(=O)c2ccc3c(c2)sc(=O)n3Cc2ccccc2Cl)cc1. The van der Waals surface area contributed by atoms with Gasteiger partial charge in [0.15, 0.2) is 0 Å². The summed E-state index contributed by atoms with van der Waals surface area (Å²) >= 11 is 7.26. The molecule has 32 heavy (non-hydrogen) atoms. The lowest BCUT2D eigenvalue weighted by Gasteiger charge is -2.10. The van der Waals surface area contributed by atoms with Crippen molar-refractivity contribution in [2.24, 2.45) is 0 Å². The molecule has 5 nitrogen and oxygen atoms in total. The zero-order valence-electron chi connectivity index (χ0n) is 17.5. The summed E-state index contributed by atoms with van der Waals surface area (Å²) in [6.45, 7) is 2.47. The number of rotatable bonds is 8. The van der Waals surface area contributed by atoms with E-state index in [0.717, 1.165) is 36.2 Å². The number of anilines is 1. The molecule has 4 aromatic rings. The second kappa shape index (κ2) is 9.48. The van der Waals surface area contributed by atoms with Gasteiger partial charge in [0.05, 0.1) is 21.7 Å². The molecule has 0 spiro atoms. The molecule has 0 aliphatic carbocycles. The molecule has 0 aliphatic heterocycles. The molecule has 166 valence electrons. The van der Waals surface area contributed by atoms with Crippen molar-refractivity contribution in [1.29, 1.82) is 0 Å². The van der Waals surface area contributed by atoms with Crippen molar-refractivity contribution in [1.82, 2.24) is 4.57 Å². The van der Waals surface area contributed by atoms with Crippen molar-refractivity contribution in [3.05, 3.63) is 92.5 Å². The number of nitrogens with one attached hydrogen (secondary N) is 1. The van der Waals surface area contributed by atoms with Gasteiger partial charge in [0.2, 0.25) is 0 Å². The number of halogens is 1. The number of benzene rings is 3. The fourth-order valence-corrected chi connectivity index (χ4v) is 5.78. The molecule has 0 bridgehead atoms. The van der Waals surface area contributed by atoms with Gasteiger partial charge in [-0.05, 0) is 60.4 Å². The standard InChI is InChI=1S/C24H23ClN2O3S2/c1-2-3-6-17-9-11-19(12-10-17)26-32(29,30)20-13-14-22-23(15-20)31-24(28)27(22)16-18-7-4-5-8-21(18)25/h4-5,7-15,26H,2-3,6,16H2,1H3. The normalized spacial score (nSPS) is 11.7. The summed E-state index contributed by atoms with van der Waals surface area (Å²) in [5.41, 5.74) is 3.20. The Morgan fingerprint density at radius 1 is 1.03 bits per heavy atom. The molecular weight excluding hydrogens is 464 g/mol. The number of fused-ring (bicyclic) bond motifs is 1. The quantitative estimate of drug-likeness (QED) is 0.336. The number of thiazole rings is 1. The highest BCUT2D eigenvalue weighted by molar-refractivity contribution is 7.92. The lowest BCUT2D eigenvalue weighted by Crippen LogP contribution is -2.14. The Morgan fingerprint density at radius 2 is 1.78 bits per heavy atom. The molecular formula is C24H23ClN2O3S2. The minimum Gasteiger partial charge on any atom is -0.294 e. The summed E-state index contributed by atoms with van der Waals surface area (Å²) in [6.07, 6.45) is 3.19. The van der Waals surface area contributed by atoms with Crippen molar-refractivity contribution in [2.75, 3.05) is 4.72 Å². The topological polar surface area (TPSA) is 68.2 Å². The molecule has 0 atom stereocenters. The first-order chi connectivity index (χ1) is 15.4. The lowest BCUT2D eigenvalue weighted by molar-refractivity contribution is 0.601. The van der Waals surface area contributed by atoms with Crippen molar-refractivity contribution >= 4 is 48.9 Å². The summed E-state index contributed by atoms with van der Waals surface area (Å²) in [6, 6.07) is 19.5. The van der Waals surface area contributed by atoms with E-state index in [0.29, 0.717) is 27.5 Å². The summed E-state index contributed by atoms with van der Waals surface area (Å²) in [5.74, 6) is 0. The number of hydrogen-bond donors (Lipinski definition) is 1. The lowest BCUT2D eigenvalue weighted by atomic mass is 10.1. The van der Waals surface area contributed by atoms with E-state index < -0.39 is 10.0 Å². The van der Waals surface area contributed by atoms with Crippen LogP contribution in [0, 0.1) is 0 Å². The molecule has 0 saturated heterocycles. The van der Waals surface area contributed by atoms with Gasteiger partial charge >= 0.3 is 4.87 Å². The van der Waals surface area contributed by atoms with Gasteiger partial charge in [-0.1, -0.05) is 66.6 Å². The van der Waals surface area contributed by atoms with Crippen LogP contribution >= 0.6 is 22.9 Å². The number of sulfonamides is 1. The maximum Gasteiger partial charge on any atom is 0.308 e. The van der Waals surface area contributed by atoms with Gasteiger partial charge in [0.1, 0.15) is 0 Å². The van der Waals surface area contributed by atoms with Crippen molar-refractivity contribution in [2.45, 2.75) is 37.6 Å². The van der Waals surface area contributed by atoms with Gasteiger partial charge in [0, 0.05) is 10.7 Å². The van der Waals surface area contributed by atoms with Crippen molar-refractivity contribution in [3.63, 3.8) is 0 Å². The van der Waals surface area contributed by atoms with Crippen LogP contribution in [-0.2, 0) is 23.0 Å². The predicted molar refractivity (Wildman–Crippen MR) is 133 cm³/mol. The third kappa shape index (κ3) is 4.90. The third-order valence-corrected chi connectivity index (χ3v) is 7.95. The average molecular weight is 487 g/mol. The fraction of sp³-hybridized carbons (Fsp3) is 0.208. The molecule has 0 fully saturated rings. The molecule has 0 amide bonds. The van der Waals surface area contributed by atoms with E-state index in [1.54, 1.807) is 34.9 Å². The maximum atomic E-state index is 12.9. The Bertz CT molecular complexity index is 1410. The highest BCUT2D eigenvalue weighted by Gasteiger charge is 2.17. The highest BCUT2D eigenvalue weighted by Crippen LogP contribution is 2.25. The van der Waals surface area contributed by atoms with Gasteiger partial charge < -0.3 is 0 Å². The monoisotopic (exact) mass is 486 g/mol. The van der Waals surface area contributed by atoms with Crippen molar-refractivity contribution in [3.8, 4) is 0 Å².